The molecule has 0 saturated heterocycles. The van der Waals surface area contributed by atoms with Crippen LogP contribution in [0.4, 0.5) is 0 Å². The molecule has 7 atom stereocenters. The molecule has 0 aromatic rings. The van der Waals surface area contributed by atoms with E-state index in [1.807, 2.05) is 6.92 Å². The summed E-state index contributed by atoms with van der Waals surface area (Å²) in [7, 11) is 0. The molecule has 134 valence electrons. The van der Waals surface area contributed by atoms with Crippen LogP contribution in [-0.4, -0.2) is 33.0 Å². The zero-order valence-corrected chi connectivity index (χ0v) is 14.8. The van der Waals surface area contributed by atoms with Crippen molar-refractivity contribution in [2.45, 2.75) is 76.9 Å². The smallest absolute Gasteiger partial charge is 0.309 e. The number of rotatable bonds is 1. The highest BCUT2D eigenvalue weighted by Gasteiger charge is 2.74. The maximum absolute atomic E-state index is 12.1. The number of aliphatic hydroxyl groups is 2. The summed E-state index contributed by atoms with van der Waals surface area (Å²) in [5.74, 6) is -0.601. The number of fused-ring (bicyclic) bond motifs is 3. The van der Waals surface area contributed by atoms with E-state index < -0.39 is 33.9 Å². The second kappa shape index (κ2) is 4.64. The molecule has 5 fully saturated rings. The molecule has 4 heteroatoms. The quantitative estimate of drug-likeness (QED) is 0.644. The maximum Gasteiger partial charge on any atom is 0.309 e. The number of carboxylic acids is 1. The number of hydrogen-bond acceptors (Lipinski definition) is 3. The highest BCUT2D eigenvalue weighted by molar-refractivity contribution is 5.75. The molecule has 24 heavy (non-hydrogen) atoms. The van der Waals surface area contributed by atoms with E-state index >= 15 is 0 Å². The van der Waals surface area contributed by atoms with E-state index in [1.54, 1.807) is 0 Å². The summed E-state index contributed by atoms with van der Waals surface area (Å²) in [5, 5.41) is 32.9. The molecule has 5 aliphatic carbocycles. The van der Waals surface area contributed by atoms with E-state index in [9.17, 15) is 20.1 Å². The molecule has 0 aromatic heterocycles. The summed E-state index contributed by atoms with van der Waals surface area (Å²) in [6.45, 7) is 8.10. The van der Waals surface area contributed by atoms with Gasteiger partial charge in [0.1, 0.15) is 0 Å². The molecule has 2 bridgehead atoms. The number of carbonyl (C=O) groups is 1. The van der Waals surface area contributed by atoms with Crippen molar-refractivity contribution in [1.82, 2.24) is 0 Å². The van der Waals surface area contributed by atoms with E-state index in [2.05, 4.69) is 13.5 Å². The van der Waals surface area contributed by atoms with Crippen molar-refractivity contribution in [2.24, 2.45) is 28.1 Å². The Bertz CT molecular complexity index is 615. The van der Waals surface area contributed by atoms with Crippen LogP contribution < -0.4 is 0 Å². The minimum atomic E-state index is -0.983. The molecule has 0 unspecified atom stereocenters. The summed E-state index contributed by atoms with van der Waals surface area (Å²) >= 11 is 0. The van der Waals surface area contributed by atoms with Crippen LogP contribution in [0.3, 0.4) is 0 Å². The molecule has 0 aromatic carbocycles. The standard InChI is InChI=1S/C20H30O4/c1-12-13-5-9-19(15(12)21)10-6-14-17(2,16(22)23)7-4-8-18(14,3)20(19,24)11-13/h13-15,21,24H,1,4-11H2,2-3H3,(H,22,23)/t13-,14-,15-,17-,18-,19+,20-/m1/s1. The Morgan fingerprint density at radius 3 is 2.50 bits per heavy atom. The molecular weight excluding hydrogens is 304 g/mol. The van der Waals surface area contributed by atoms with Gasteiger partial charge in [0.05, 0.1) is 17.1 Å². The van der Waals surface area contributed by atoms with Crippen LogP contribution in [0.1, 0.15) is 65.2 Å². The van der Waals surface area contributed by atoms with Gasteiger partial charge < -0.3 is 15.3 Å². The minimum Gasteiger partial charge on any atom is -0.481 e. The van der Waals surface area contributed by atoms with Crippen LogP contribution in [0.5, 0.6) is 0 Å². The highest BCUT2D eigenvalue weighted by Crippen LogP contribution is 2.73. The first-order chi connectivity index (χ1) is 11.1. The van der Waals surface area contributed by atoms with Crippen LogP contribution in [0, 0.1) is 28.1 Å². The summed E-state index contributed by atoms with van der Waals surface area (Å²) < 4.78 is 0. The van der Waals surface area contributed by atoms with E-state index in [4.69, 9.17) is 0 Å². The van der Waals surface area contributed by atoms with Gasteiger partial charge in [0.25, 0.3) is 0 Å². The minimum absolute atomic E-state index is 0.0355. The molecule has 5 saturated carbocycles. The molecule has 3 N–H and O–H groups in total. The topological polar surface area (TPSA) is 77.8 Å². The number of aliphatic carboxylic acids is 1. The van der Waals surface area contributed by atoms with Crippen LogP contribution in [-0.2, 0) is 4.79 Å². The molecule has 0 radical (unpaired) electrons. The normalized spacial score (nSPS) is 56.5. The Balaban J connectivity index is 1.85. The van der Waals surface area contributed by atoms with Gasteiger partial charge >= 0.3 is 5.97 Å². The first-order valence-electron chi connectivity index (χ1n) is 9.45. The third kappa shape index (κ3) is 1.56. The molecule has 0 aliphatic heterocycles. The van der Waals surface area contributed by atoms with Crippen molar-refractivity contribution in [2.75, 3.05) is 0 Å². The van der Waals surface area contributed by atoms with Gasteiger partial charge in [0.15, 0.2) is 0 Å². The highest BCUT2D eigenvalue weighted by atomic mass is 16.4. The molecule has 5 aliphatic rings. The zero-order chi connectivity index (χ0) is 17.5. The molecular formula is C20H30O4. The Kier molecular flexibility index (Phi) is 3.21. The Morgan fingerprint density at radius 1 is 1.17 bits per heavy atom. The summed E-state index contributed by atoms with van der Waals surface area (Å²) in [4.78, 5) is 12.1. The Hall–Kier alpha value is -0.870. The van der Waals surface area contributed by atoms with Gasteiger partial charge in [-0.05, 0) is 69.3 Å². The van der Waals surface area contributed by atoms with E-state index in [0.29, 0.717) is 19.3 Å². The van der Waals surface area contributed by atoms with Crippen molar-refractivity contribution in [3.63, 3.8) is 0 Å². The lowest BCUT2D eigenvalue weighted by molar-refractivity contribution is -0.303. The summed E-state index contributed by atoms with van der Waals surface area (Å²) in [6.07, 6.45) is 5.67. The van der Waals surface area contributed by atoms with E-state index in [-0.39, 0.29) is 11.8 Å². The number of carboxylic acid groups (broad SMARTS) is 1. The largest absolute Gasteiger partial charge is 0.481 e. The van der Waals surface area contributed by atoms with Gasteiger partial charge in [-0.3, -0.25) is 4.79 Å². The van der Waals surface area contributed by atoms with Gasteiger partial charge in [-0.15, -0.1) is 0 Å². The number of hydrogen-bond donors (Lipinski definition) is 3. The van der Waals surface area contributed by atoms with Crippen molar-refractivity contribution in [3.8, 4) is 0 Å². The molecule has 5 rings (SSSR count). The van der Waals surface area contributed by atoms with Crippen LogP contribution >= 0.6 is 0 Å². The zero-order valence-electron chi connectivity index (χ0n) is 14.8. The van der Waals surface area contributed by atoms with Crippen molar-refractivity contribution in [3.05, 3.63) is 12.2 Å². The SMILES string of the molecule is C=C1[C@@H]2CC[C@]3(CC[C@@H]4[C@](C)(C(=O)O)CCC[C@@]4(C)[C@]3(O)C2)[C@@H]1O. The van der Waals surface area contributed by atoms with Crippen LogP contribution in [0.15, 0.2) is 12.2 Å². The molecule has 0 amide bonds. The Labute approximate surface area is 144 Å². The second-order valence-electron chi connectivity index (χ2n) is 9.52. The van der Waals surface area contributed by atoms with Gasteiger partial charge in [-0.25, -0.2) is 0 Å². The fourth-order valence-corrected chi connectivity index (χ4v) is 7.49. The molecule has 1 spiro atoms. The Morgan fingerprint density at radius 2 is 1.83 bits per heavy atom. The molecule has 0 heterocycles. The second-order valence-corrected chi connectivity index (χ2v) is 9.52. The van der Waals surface area contributed by atoms with Gasteiger partial charge in [-0.2, -0.15) is 0 Å². The third-order valence-electron chi connectivity index (χ3n) is 8.95. The van der Waals surface area contributed by atoms with E-state index in [0.717, 1.165) is 37.7 Å². The fourth-order valence-electron chi connectivity index (χ4n) is 7.49. The van der Waals surface area contributed by atoms with Gasteiger partial charge in [0.2, 0.25) is 0 Å². The predicted octanol–water partition coefficient (Wildman–Crippen LogP) is 3.13. The predicted molar refractivity (Wildman–Crippen MR) is 90.3 cm³/mol. The van der Waals surface area contributed by atoms with Crippen molar-refractivity contribution < 1.29 is 20.1 Å². The van der Waals surface area contributed by atoms with Gasteiger partial charge in [0, 0.05) is 10.8 Å². The summed E-state index contributed by atoms with van der Waals surface area (Å²) in [6, 6.07) is 0. The monoisotopic (exact) mass is 334 g/mol. The lowest BCUT2D eigenvalue weighted by Crippen LogP contribution is -2.75. The molecule has 4 nitrogen and oxygen atoms in total. The lowest BCUT2D eigenvalue weighted by atomic mass is 9.34. The van der Waals surface area contributed by atoms with Crippen LogP contribution in [0.25, 0.3) is 0 Å². The first-order valence-corrected chi connectivity index (χ1v) is 9.45. The van der Waals surface area contributed by atoms with E-state index in [1.165, 1.54) is 0 Å². The van der Waals surface area contributed by atoms with Crippen molar-refractivity contribution in [1.29, 1.82) is 0 Å². The van der Waals surface area contributed by atoms with Gasteiger partial charge in [-0.1, -0.05) is 19.9 Å². The maximum atomic E-state index is 12.1. The third-order valence-corrected chi connectivity index (χ3v) is 8.95. The summed E-state index contributed by atoms with van der Waals surface area (Å²) in [5.41, 5.74) is -1.84. The van der Waals surface area contributed by atoms with Crippen molar-refractivity contribution >= 4 is 5.97 Å². The fraction of sp³-hybridized carbons (Fsp3) is 0.850. The lowest BCUT2D eigenvalue weighted by Gasteiger charge is -2.72. The van der Waals surface area contributed by atoms with Crippen LogP contribution in [0.2, 0.25) is 0 Å². The first kappa shape index (κ1) is 16.6. The average Bonchev–Trinajstić information content (AvgIpc) is 2.52. The number of aliphatic hydroxyl groups excluding tert-OH is 1. The average molecular weight is 334 g/mol.